The first kappa shape index (κ1) is 12.8. The monoisotopic (exact) mass is 220 g/mol. The molecule has 0 spiro atoms. The number of aliphatic hydroxyl groups excluding tert-OH is 1. The molecule has 0 radical (unpaired) electrons. The van der Waals surface area contributed by atoms with E-state index in [2.05, 4.69) is 13.5 Å². The second-order valence-corrected chi connectivity index (χ2v) is 4.01. The van der Waals surface area contributed by atoms with Crippen LogP contribution in [0, 0.1) is 0 Å². The third-order valence-corrected chi connectivity index (χ3v) is 2.65. The molecule has 0 fully saturated rings. The molecule has 0 saturated carbocycles. The highest BCUT2D eigenvalue weighted by Crippen LogP contribution is 2.15. The molecule has 0 saturated heterocycles. The Morgan fingerprint density at radius 1 is 1.38 bits per heavy atom. The summed E-state index contributed by atoms with van der Waals surface area (Å²) in [5, 5.41) is 9.84. The van der Waals surface area contributed by atoms with Gasteiger partial charge < -0.3 is 9.84 Å². The second-order valence-electron chi connectivity index (χ2n) is 4.01. The molecule has 2 heteroatoms. The van der Waals surface area contributed by atoms with Crippen molar-refractivity contribution >= 4 is 0 Å². The molecule has 16 heavy (non-hydrogen) atoms. The van der Waals surface area contributed by atoms with Gasteiger partial charge in [0.05, 0.1) is 13.2 Å². The van der Waals surface area contributed by atoms with Crippen molar-refractivity contribution in [2.45, 2.75) is 32.3 Å². The van der Waals surface area contributed by atoms with E-state index in [0.29, 0.717) is 12.8 Å². The lowest BCUT2D eigenvalue weighted by Crippen LogP contribution is -2.11. The number of rotatable bonds is 6. The minimum absolute atomic E-state index is 0.333. The van der Waals surface area contributed by atoms with Crippen molar-refractivity contribution in [3.05, 3.63) is 42.0 Å². The number of benzene rings is 1. The van der Waals surface area contributed by atoms with Gasteiger partial charge in [-0.2, -0.15) is 0 Å². The Balaban J connectivity index is 2.49. The van der Waals surface area contributed by atoms with Gasteiger partial charge in [-0.05, 0) is 37.0 Å². The van der Waals surface area contributed by atoms with E-state index in [9.17, 15) is 5.11 Å². The predicted octanol–water partition coefficient (Wildman–Crippen LogP) is 2.95. The Bertz CT molecular complexity index is 327. The number of aliphatic hydroxyl groups is 1. The third-order valence-electron chi connectivity index (χ3n) is 2.65. The van der Waals surface area contributed by atoms with Gasteiger partial charge in [-0.3, -0.25) is 0 Å². The summed E-state index contributed by atoms with van der Waals surface area (Å²) in [4.78, 5) is 0. The summed E-state index contributed by atoms with van der Waals surface area (Å²) in [6, 6.07) is 7.79. The lowest BCUT2D eigenvalue weighted by atomic mass is 10.0. The van der Waals surface area contributed by atoms with Crippen LogP contribution in [0.25, 0.3) is 0 Å². The van der Waals surface area contributed by atoms with Gasteiger partial charge in [-0.25, -0.2) is 0 Å². The zero-order chi connectivity index (χ0) is 12.0. The van der Waals surface area contributed by atoms with Crippen LogP contribution in [0.4, 0.5) is 0 Å². The number of methoxy groups -OCH3 is 1. The van der Waals surface area contributed by atoms with Gasteiger partial charge in [-0.1, -0.05) is 31.2 Å². The quantitative estimate of drug-likeness (QED) is 0.747. The van der Waals surface area contributed by atoms with Crippen molar-refractivity contribution < 1.29 is 9.84 Å². The van der Waals surface area contributed by atoms with E-state index in [1.54, 1.807) is 7.11 Å². The van der Waals surface area contributed by atoms with Crippen molar-refractivity contribution in [3.63, 3.8) is 0 Å². The minimum atomic E-state index is -0.333. The van der Waals surface area contributed by atoms with Crippen molar-refractivity contribution in [2.75, 3.05) is 7.11 Å². The summed E-state index contributed by atoms with van der Waals surface area (Å²) in [6.45, 7) is 5.96. The maximum atomic E-state index is 9.84. The van der Waals surface area contributed by atoms with Crippen LogP contribution in [-0.4, -0.2) is 18.3 Å². The fraction of sp³-hybridized carbons (Fsp3) is 0.429. The van der Waals surface area contributed by atoms with Crippen molar-refractivity contribution in [1.29, 1.82) is 0 Å². The summed E-state index contributed by atoms with van der Waals surface area (Å²) in [5.74, 6) is 0.844. The van der Waals surface area contributed by atoms with E-state index in [0.717, 1.165) is 23.3 Å². The number of hydrogen-bond acceptors (Lipinski definition) is 2. The maximum Gasteiger partial charge on any atom is 0.118 e. The average Bonchev–Trinajstić information content (AvgIpc) is 2.29. The van der Waals surface area contributed by atoms with Gasteiger partial charge in [-0.15, -0.1) is 0 Å². The molecular weight excluding hydrogens is 200 g/mol. The van der Waals surface area contributed by atoms with E-state index < -0.39 is 0 Å². The van der Waals surface area contributed by atoms with Crippen molar-refractivity contribution in [3.8, 4) is 5.75 Å². The Morgan fingerprint density at radius 3 is 2.50 bits per heavy atom. The SMILES string of the molecule is C=C(CC)CC(O)Cc1ccc(OC)cc1. The second kappa shape index (κ2) is 6.33. The van der Waals surface area contributed by atoms with Crippen LogP contribution in [0.15, 0.2) is 36.4 Å². The van der Waals surface area contributed by atoms with Crippen molar-refractivity contribution in [1.82, 2.24) is 0 Å². The Labute approximate surface area is 97.6 Å². The normalized spacial score (nSPS) is 12.2. The molecule has 1 N–H and O–H groups in total. The minimum Gasteiger partial charge on any atom is -0.497 e. The molecule has 0 aliphatic carbocycles. The van der Waals surface area contributed by atoms with Gasteiger partial charge >= 0.3 is 0 Å². The molecule has 0 amide bonds. The van der Waals surface area contributed by atoms with Crippen LogP contribution in [0.1, 0.15) is 25.3 Å². The predicted molar refractivity (Wildman–Crippen MR) is 66.8 cm³/mol. The molecule has 0 bridgehead atoms. The zero-order valence-electron chi connectivity index (χ0n) is 10.1. The highest BCUT2D eigenvalue weighted by Gasteiger charge is 2.06. The Morgan fingerprint density at radius 2 is 2.00 bits per heavy atom. The molecule has 88 valence electrons. The summed E-state index contributed by atoms with van der Waals surface area (Å²) in [7, 11) is 1.65. The van der Waals surface area contributed by atoms with Crippen LogP contribution in [0.5, 0.6) is 5.75 Å². The molecule has 1 aromatic carbocycles. The summed E-state index contributed by atoms with van der Waals surface area (Å²) in [5.41, 5.74) is 2.22. The largest absolute Gasteiger partial charge is 0.497 e. The van der Waals surface area contributed by atoms with Crippen LogP contribution in [-0.2, 0) is 6.42 Å². The summed E-state index contributed by atoms with van der Waals surface area (Å²) < 4.78 is 5.08. The molecule has 1 rings (SSSR count). The van der Waals surface area contributed by atoms with E-state index in [1.807, 2.05) is 24.3 Å². The topological polar surface area (TPSA) is 29.5 Å². The molecular formula is C14H20O2. The highest BCUT2D eigenvalue weighted by molar-refractivity contribution is 5.27. The van der Waals surface area contributed by atoms with Gasteiger partial charge in [0.25, 0.3) is 0 Å². The molecule has 0 heterocycles. The maximum absolute atomic E-state index is 9.84. The van der Waals surface area contributed by atoms with Crippen molar-refractivity contribution in [2.24, 2.45) is 0 Å². The lowest BCUT2D eigenvalue weighted by molar-refractivity contribution is 0.174. The molecule has 0 aliphatic heterocycles. The van der Waals surface area contributed by atoms with Gasteiger partial charge in [0, 0.05) is 0 Å². The lowest BCUT2D eigenvalue weighted by Gasteiger charge is -2.11. The number of ether oxygens (including phenoxy) is 1. The third kappa shape index (κ3) is 4.07. The number of hydrogen-bond donors (Lipinski definition) is 1. The molecule has 1 unspecified atom stereocenters. The van der Waals surface area contributed by atoms with E-state index >= 15 is 0 Å². The summed E-state index contributed by atoms with van der Waals surface area (Å²) in [6.07, 6.45) is 1.95. The highest BCUT2D eigenvalue weighted by atomic mass is 16.5. The first-order chi connectivity index (χ1) is 7.65. The van der Waals surface area contributed by atoms with Crippen LogP contribution >= 0.6 is 0 Å². The zero-order valence-corrected chi connectivity index (χ0v) is 10.1. The molecule has 1 aromatic rings. The molecule has 2 nitrogen and oxygen atoms in total. The fourth-order valence-corrected chi connectivity index (χ4v) is 1.58. The molecule has 0 aromatic heterocycles. The smallest absolute Gasteiger partial charge is 0.118 e. The van der Waals surface area contributed by atoms with E-state index in [-0.39, 0.29) is 6.10 Å². The average molecular weight is 220 g/mol. The first-order valence-corrected chi connectivity index (χ1v) is 5.63. The summed E-state index contributed by atoms with van der Waals surface area (Å²) >= 11 is 0. The molecule has 1 atom stereocenters. The van der Waals surface area contributed by atoms with Gasteiger partial charge in [0.1, 0.15) is 5.75 Å². The Hall–Kier alpha value is -1.28. The van der Waals surface area contributed by atoms with Gasteiger partial charge in [0.2, 0.25) is 0 Å². The first-order valence-electron chi connectivity index (χ1n) is 5.63. The van der Waals surface area contributed by atoms with Gasteiger partial charge in [0.15, 0.2) is 0 Å². The Kier molecular flexibility index (Phi) is 5.06. The van der Waals surface area contributed by atoms with E-state index in [4.69, 9.17) is 4.74 Å². The molecule has 0 aliphatic rings. The fourth-order valence-electron chi connectivity index (χ4n) is 1.58. The van der Waals surface area contributed by atoms with E-state index in [1.165, 1.54) is 0 Å². The van der Waals surface area contributed by atoms with Crippen LogP contribution < -0.4 is 4.74 Å². The van der Waals surface area contributed by atoms with Crippen LogP contribution in [0.3, 0.4) is 0 Å². The van der Waals surface area contributed by atoms with Crippen LogP contribution in [0.2, 0.25) is 0 Å². The standard InChI is InChI=1S/C14H20O2/c1-4-11(2)9-13(15)10-12-5-7-14(16-3)8-6-12/h5-8,13,15H,2,4,9-10H2,1,3H3.